The van der Waals surface area contributed by atoms with E-state index in [9.17, 15) is 4.79 Å². The van der Waals surface area contributed by atoms with Crippen LogP contribution in [0.4, 0.5) is 10.8 Å². The van der Waals surface area contributed by atoms with Crippen LogP contribution in [0, 0.1) is 0 Å². The van der Waals surface area contributed by atoms with Crippen molar-refractivity contribution in [1.82, 2.24) is 9.55 Å². The molecule has 90 valence electrons. The number of nitrogens with one attached hydrogen (secondary N) is 1. The quantitative estimate of drug-likeness (QED) is 0.878. The number of thiazole rings is 1. The van der Waals surface area contributed by atoms with E-state index in [4.69, 9.17) is 5.73 Å². The largest absolute Gasteiger partial charge is 0.397 e. The molecular weight excluding hydrogens is 236 g/mol. The summed E-state index contributed by atoms with van der Waals surface area (Å²) in [5, 5.41) is 5.14. The number of hydrogen-bond acceptors (Lipinski definition) is 4. The fourth-order valence-electron chi connectivity index (χ4n) is 1.56. The van der Waals surface area contributed by atoms with Gasteiger partial charge in [0.2, 0.25) is 0 Å². The van der Waals surface area contributed by atoms with Crippen molar-refractivity contribution in [3.8, 4) is 0 Å². The molecule has 17 heavy (non-hydrogen) atoms. The van der Waals surface area contributed by atoms with E-state index in [1.807, 2.05) is 23.8 Å². The van der Waals surface area contributed by atoms with Crippen LogP contribution in [-0.2, 0) is 0 Å². The molecule has 0 spiro atoms. The van der Waals surface area contributed by atoms with Crippen molar-refractivity contribution >= 4 is 28.1 Å². The zero-order valence-corrected chi connectivity index (χ0v) is 10.5. The van der Waals surface area contributed by atoms with E-state index in [1.165, 1.54) is 11.3 Å². The Kier molecular flexibility index (Phi) is 3.14. The minimum absolute atomic E-state index is 0.185. The molecule has 1 amide bonds. The summed E-state index contributed by atoms with van der Waals surface area (Å²) in [7, 11) is 0. The monoisotopic (exact) mass is 250 g/mol. The smallest absolute Gasteiger partial charge is 0.274 e. The molecule has 0 saturated heterocycles. The Morgan fingerprint density at radius 3 is 2.94 bits per heavy atom. The lowest BCUT2D eigenvalue weighted by molar-refractivity contribution is 0.101. The molecule has 0 bridgehead atoms. The summed E-state index contributed by atoms with van der Waals surface area (Å²) in [6.07, 6.45) is 3.41. The average molecular weight is 250 g/mol. The fourth-order valence-corrected chi connectivity index (χ4v) is 2.08. The Morgan fingerprint density at radius 2 is 2.35 bits per heavy atom. The van der Waals surface area contributed by atoms with Crippen LogP contribution >= 0.6 is 11.3 Å². The van der Waals surface area contributed by atoms with Crippen LogP contribution in [0.1, 0.15) is 30.4 Å². The summed E-state index contributed by atoms with van der Waals surface area (Å²) in [6, 6.07) is 1.85. The Morgan fingerprint density at radius 1 is 1.59 bits per heavy atom. The summed E-state index contributed by atoms with van der Waals surface area (Å²) in [6.45, 7) is 4.00. The van der Waals surface area contributed by atoms with E-state index < -0.39 is 0 Å². The molecule has 0 unspecified atom stereocenters. The van der Waals surface area contributed by atoms with E-state index in [2.05, 4.69) is 10.3 Å². The molecule has 0 fully saturated rings. The van der Waals surface area contributed by atoms with Crippen LogP contribution in [0.25, 0.3) is 0 Å². The number of nitrogens with two attached hydrogens (primary N) is 1. The number of amides is 1. The normalized spacial score (nSPS) is 10.8. The zero-order chi connectivity index (χ0) is 12.4. The molecule has 2 rings (SSSR count). The van der Waals surface area contributed by atoms with Gasteiger partial charge in [0.25, 0.3) is 5.91 Å². The van der Waals surface area contributed by atoms with E-state index in [0.29, 0.717) is 16.5 Å². The Labute approximate surface area is 103 Å². The molecule has 0 aromatic carbocycles. The number of anilines is 2. The summed E-state index contributed by atoms with van der Waals surface area (Å²) in [5.41, 5.74) is 6.85. The molecule has 0 atom stereocenters. The highest BCUT2D eigenvalue weighted by Gasteiger charge is 2.15. The van der Waals surface area contributed by atoms with Crippen LogP contribution in [0.5, 0.6) is 0 Å². The van der Waals surface area contributed by atoms with Gasteiger partial charge in [-0.25, -0.2) is 4.98 Å². The van der Waals surface area contributed by atoms with Gasteiger partial charge in [-0.05, 0) is 19.9 Å². The Hall–Kier alpha value is -1.82. The van der Waals surface area contributed by atoms with E-state index >= 15 is 0 Å². The third-order valence-corrected chi connectivity index (χ3v) is 3.00. The fraction of sp³-hybridized carbons (Fsp3) is 0.273. The molecule has 5 nitrogen and oxygen atoms in total. The lowest BCUT2D eigenvalue weighted by Gasteiger charge is -2.11. The first-order valence-corrected chi connectivity index (χ1v) is 6.14. The number of rotatable bonds is 3. The van der Waals surface area contributed by atoms with Crippen LogP contribution in [0.2, 0.25) is 0 Å². The molecule has 2 heterocycles. The SMILES string of the molecule is CC(C)n1cc(N)cc1C(=O)Nc1nccs1. The second kappa shape index (κ2) is 4.58. The first-order chi connectivity index (χ1) is 8.08. The molecular formula is C11H14N4OS. The van der Waals surface area contributed by atoms with E-state index in [0.717, 1.165) is 0 Å². The summed E-state index contributed by atoms with van der Waals surface area (Å²) in [4.78, 5) is 16.0. The van der Waals surface area contributed by atoms with Gasteiger partial charge in [0.1, 0.15) is 5.69 Å². The molecule has 2 aromatic heterocycles. The number of carbonyl (C=O) groups is 1. The third-order valence-electron chi connectivity index (χ3n) is 2.31. The van der Waals surface area contributed by atoms with Crippen molar-refractivity contribution in [2.24, 2.45) is 0 Å². The van der Waals surface area contributed by atoms with Crippen molar-refractivity contribution < 1.29 is 4.79 Å². The van der Waals surface area contributed by atoms with Crippen LogP contribution < -0.4 is 11.1 Å². The van der Waals surface area contributed by atoms with Gasteiger partial charge < -0.3 is 10.3 Å². The van der Waals surface area contributed by atoms with Crippen LogP contribution in [0.15, 0.2) is 23.8 Å². The maximum Gasteiger partial charge on any atom is 0.274 e. The summed E-state index contributed by atoms with van der Waals surface area (Å²) in [5.74, 6) is -0.189. The minimum atomic E-state index is -0.189. The highest BCUT2D eigenvalue weighted by Crippen LogP contribution is 2.18. The first-order valence-electron chi connectivity index (χ1n) is 5.26. The van der Waals surface area contributed by atoms with Gasteiger partial charge >= 0.3 is 0 Å². The molecule has 0 aliphatic carbocycles. The van der Waals surface area contributed by atoms with Gasteiger partial charge in [0.15, 0.2) is 5.13 Å². The summed E-state index contributed by atoms with van der Waals surface area (Å²) >= 11 is 1.38. The topological polar surface area (TPSA) is 72.9 Å². The lowest BCUT2D eigenvalue weighted by atomic mass is 10.3. The van der Waals surface area contributed by atoms with Gasteiger partial charge in [0, 0.05) is 23.8 Å². The van der Waals surface area contributed by atoms with Gasteiger partial charge in [-0.2, -0.15) is 0 Å². The van der Waals surface area contributed by atoms with Gasteiger partial charge in [0.05, 0.1) is 5.69 Å². The molecule has 2 aromatic rings. The molecule has 0 aliphatic heterocycles. The number of aromatic nitrogens is 2. The number of carbonyl (C=O) groups excluding carboxylic acids is 1. The van der Waals surface area contributed by atoms with Gasteiger partial charge in [-0.3, -0.25) is 10.1 Å². The molecule has 6 heteroatoms. The minimum Gasteiger partial charge on any atom is -0.397 e. The maximum absolute atomic E-state index is 12.0. The third kappa shape index (κ3) is 2.47. The highest BCUT2D eigenvalue weighted by molar-refractivity contribution is 7.13. The number of nitrogen functional groups attached to an aromatic ring is 1. The number of nitrogens with zero attached hydrogens (tertiary/aromatic N) is 2. The van der Waals surface area contributed by atoms with Crippen molar-refractivity contribution in [2.75, 3.05) is 11.1 Å². The van der Waals surface area contributed by atoms with E-state index in [1.54, 1.807) is 18.5 Å². The van der Waals surface area contributed by atoms with Gasteiger partial charge in [-0.1, -0.05) is 0 Å². The molecule has 0 radical (unpaired) electrons. The molecule has 0 saturated carbocycles. The summed E-state index contributed by atoms with van der Waals surface area (Å²) < 4.78 is 1.85. The van der Waals surface area contributed by atoms with Gasteiger partial charge in [-0.15, -0.1) is 11.3 Å². The predicted molar refractivity (Wildman–Crippen MR) is 69.3 cm³/mol. The van der Waals surface area contributed by atoms with Crippen LogP contribution in [-0.4, -0.2) is 15.5 Å². The zero-order valence-electron chi connectivity index (χ0n) is 9.68. The van der Waals surface area contributed by atoms with Crippen molar-refractivity contribution in [2.45, 2.75) is 19.9 Å². The van der Waals surface area contributed by atoms with Crippen LogP contribution in [0.3, 0.4) is 0 Å². The lowest BCUT2D eigenvalue weighted by Crippen LogP contribution is -2.17. The highest BCUT2D eigenvalue weighted by atomic mass is 32.1. The van der Waals surface area contributed by atoms with Crippen molar-refractivity contribution in [3.05, 3.63) is 29.5 Å². The second-order valence-electron chi connectivity index (χ2n) is 3.95. The maximum atomic E-state index is 12.0. The molecule has 3 N–H and O–H groups in total. The Balaban J connectivity index is 2.24. The predicted octanol–water partition coefficient (Wildman–Crippen LogP) is 2.36. The molecule has 0 aliphatic rings. The standard InChI is InChI=1S/C11H14N4OS/c1-7(2)15-6-8(12)5-9(15)10(16)14-11-13-3-4-17-11/h3-7H,12H2,1-2H3,(H,13,14,16). The van der Waals surface area contributed by atoms with Crippen molar-refractivity contribution in [1.29, 1.82) is 0 Å². The average Bonchev–Trinajstić information content (AvgIpc) is 2.86. The Bertz CT molecular complexity index is 516. The first kappa shape index (κ1) is 11.7. The van der Waals surface area contributed by atoms with Crippen molar-refractivity contribution in [3.63, 3.8) is 0 Å². The number of hydrogen-bond donors (Lipinski definition) is 2. The van der Waals surface area contributed by atoms with E-state index in [-0.39, 0.29) is 11.9 Å². The second-order valence-corrected chi connectivity index (χ2v) is 4.85.